The SMILES string of the molecule is CCOC(CN)CCS(=O)(=O)c1ccccc1C(F)(F)F. The Morgan fingerprint density at radius 2 is 1.90 bits per heavy atom. The minimum absolute atomic E-state index is 0.0544. The van der Waals surface area contributed by atoms with Crippen molar-refractivity contribution in [2.75, 3.05) is 18.9 Å². The van der Waals surface area contributed by atoms with Gasteiger partial charge in [0, 0.05) is 13.2 Å². The van der Waals surface area contributed by atoms with E-state index in [0.29, 0.717) is 6.61 Å². The van der Waals surface area contributed by atoms with Crippen LogP contribution >= 0.6 is 0 Å². The molecule has 0 spiro atoms. The predicted octanol–water partition coefficient (Wildman–Crippen LogP) is 2.23. The van der Waals surface area contributed by atoms with Crippen molar-refractivity contribution >= 4 is 9.84 Å². The molecule has 21 heavy (non-hydrogen) atoms. The fourth-order valence-corrected chi connectivity index (χ4v) is 3.47. The number of rotatable bonds is 7. The van der Waals surface area contributed by atoms with E-state index in [0.717, 1.165) is 18.2 Å². The third-order valence-corrected chi connectivity index (χ3v) is 4.70. The standard InChI is InChI=1S/C13H18F3NO3S/c1-2-20-10(9-17)7-8-21(18,19)12-6-4-3-5-11(12)13(14,15)16/h3-6,10H,2,7-9,17H2,1H3. The summed E-state index contributed by atoms with van der Waals surface area (Å²) >= 11 is 0. The molecule has 1 unspecified atom stereocenters. The van der Waals surface area contributed by atoms with E-state index in [1.807, 2.05) is 0 Å². The van der Waals surface area contributed by atoms with Crippen molar-refractivity contribution in [2.45, 2.75) is 30.5 Å². The summed E-state index contributed by atoms with van der Waals surface area (Å²) in [5, 5.41) is 0. The average Bonchev–Trinajstić information content (AvgIpc) is 2.42. The van der Waals surface area contributed by atoms with Gasteiger partial charge in [0.15, 0.2) is 9.84 Å². The largest absolute Gasteiger partial charge is 0.417 e. The summed E-state index contributed by atoms with van der Waals surface area (Å²) in [5.41, 5.74) is 4.28. The van der Waals surface area contributed by atoms with Crippen LogP contribution in [0.4, 0.5) is 13.2 Å². The van der Waals surface area contributed by atoms with Gasteiger partial charge >= 0.3 is 6.18 Å². The molecule has 0 aliphatic rings. The first-order valence-electron chi connectivity index (χ1n) is 6.43. The molecule has 0 aromatic heterocycles. The van der Waals surface area contributed by atoms with Crippen LogP contribution < -0.4 is 5.73 Å². The molecule has 120 valence electrons. The van der Waals surface area contributed by atoms with Gasteiger partial charge in [-0.1, -0.05) is 12.1 Å². The van der Waals surface area contributed by atoms with Gasteiger partial charge in [-0.15, -0.1) is 0 Å². The Bertz CT molecular complexity index is 558. The number of hydrogen-bond acceptors (Lipinski definition) is 4. The molecule has 0 saturated heterocycles. The van der Waals surface area contributed by atoms with E-state index in [4.69, 9.17) is 10.5 Å². The van der Waals surface area contributed by atoms with Crippen LogP contribution in [0.1, 0.15) is 18.9 Å². The first-order chi connectivity index (χ1) is 9.72. The number of hydrogen-bond donors (Lipinski definition) is 1. The lowest BCUT2D eigenvalue weighted by Crippen LogP contribution is -2.27. The third-order valence-electron chi connectivity index (χ3n) is 2.90. The van der Waals surface area contributed by atoms with Gasteiger partial charge in [0.2, 0.25) is 0 Å². The summed E-state index contributed by atoms with van der Waals surface area (Å²) in [5.74, 6) is -0.443. The molecule has 0 saturated carbocycles. The summed E-state index contributed by atoms with van der Waals surface area (Å²) < 4.78 is 68.0. The predicted molar refractivity (Wildman–Crippen MR) is 72.6 cm³/mol. The molecule has 0 aliphatic carbocycles. The first-order valence-corrected chi connectivity index (χ1v) is 8.08. The van der Waals surface area contributed by atoms with Crippen LogP contribution in [-0.2, 0) is 20.8 Å². The third kappa shape index (κ3) is 4.98. The van der Waals surface area contributed by atoms with E-state index < -0.39 is 38.3 Å². The van der Waals surface area contributed by atoms with E-state index >= 15 is 0 Å². The molecule has 0 amide bonds. The highest BCUT2D eigenvalue weighted by Gasteiger charge is 2.36. The number of benzene rings is 1. The van der Waals surface area contributed by atoms with Crippen LogP contribution in [0, 0.1) is 0 Å². The molecule has 4 nitrogen and oxygen atoms in total. The second kappa shape index (κ2) is 7.24. The highest BCUT2D eigenvalue weighted by atomic mass is 32.2. The molecule has 0 fully saturated rings. The van der Waals surface area contributed by atoms with Gasteiger partial charge in [-0.3, -0.25) is 0 Å². The average molecular weight is 325 g/mol. The Morgan fingerprint density at radius 3 is 2.43 bits per heavy atom. The van der Waals surface area contributed by atoms with Crippen LogP contribution in [0.25, 0.3) is 0 Å². The molecule has 1 rings (SSSR count). The van der Waals surface area contributed by atoms with Gasteiger partial charge in [0.25, 0.3) is 0 Å². The zero-order chi connectivity index (χ0) is 16.1. The van der Waals surface area contributed by atoms with Gasteiger partial charge in [0.1, 0.15) is 0 Å². The number of nitrogens with two attached hydrogens (primary N) is 1. The second-order valence-electron chi connectivity index (χ2n) is 4.41. The molecule has 1 aromatic rings. The maximum atomic E-state index is 12.9. The summed E-state index contributed by atoms with van der Waals surface area (Å²) in [4.78, 5) is -0.704. The summed E-state index contributed by atoms with van der Waals surface area (Å²) in [6.45, 7) is 2.21. The number of sulfone groups is 1. The topological polar surface area (TPSA) is 69.4 Å². The lowest BCUT2D eigenvalue weighted by molar-refractivity contribution is -0.139. The zero-order valence-electron chi connectivity index (χ0n) is 11.6. The molecular weight excluding hydrogens is 307 g/mol. The summed E-state index contributed by atoms with van der Waals surface area (Å²) in [6.07, 6.45) is -5.14. The number of ether oxygens (including phenoxy) is 1. The van der Waals surface area contributed by atoms with E-state index in [9.17, 15) is 21.6 Å². The van der Waals surface area contributed by atoms with E-state index in [1.54, 1.807) is 6.92 Å². The van der Waals surface area contributed by atoms with Gasteiger partial charge in [-0.25, -0.2) is 8.42 Å². The highest BCUT2D eigenvalue weighted by molar-refractivity contribution is 7.91. The molecule has 8 heteroatoms. The van der Waals surface area contributed by atoms with Gasteiger partial charge in [-0.05, 0) is 25.5 Å². The first kappa shape index (κ1) is 17.9. The van der Waals surface area contributed by atoms with Crippen molar-refractivity contribution in [3.8, 4) is 0 Å². The molecule has 1 atom stereocenters. The minimum Gasteiger partial charge on any atom is -0.377 e. The number of halogens is 3. The normalized spacial score (nSPS) is 14.1. The summed E-state index contributed by atoms with van der Waals surface area (Å²) in [7, 11) is -4.05. The van der Waals surface area contributed by atoms with Gasteiger partial charge < -0.3 is 10.5 Å². The lowest BCUT2D eigenvalue weighted by Gasteiger charge is -2.16. The van der Waals surface area contributed by atoms with E-state index in [2.05, 4.69) is 0 Å². The van der Waals surface area contributed by atoms with Crippen LogP contribution in [0.15, 0.2) is 29.2 Å². The lowest BCUT2D eigenvalue weighted by atomic mass is 10.2. The molecule has 0 radical (unpaired) electrons. The molecule has 0 heterocycles. The monoisotopic (exact) mass is 325 g/mol. The Morgan fingerprint density at radius 1 is 1.29 bits per heavy atom. The molecular formula is C13H18F3NO3S. The van der Waals surface area contributed by atoms with E-state index in [-0.39, 0.29) is 13.0 Å². The Balaban J connectivity index is 2.99. The highest BCUT2D eigenvalue weighted by Crippen LogP contribution is 2.34. The second-order valence-corrected chi connectivity index (χ2v) is 6.49. The van der Waals surface area contributed by atoms with Gasteiger partial charge in [-0.2, -0.15) is 13.2 Å². The Hall–Kier alpha value is -1.12. The zero-order valence-corrected chi connectivity index (χ0v) is 12.4. The Labute approximate surface area is 122 Å². The van der Waals surface area contributed by atoms with Crippen LogP contribution in [0.3, 0.4) is 0 Å². The van der Waals surface area contributed by atoms with Gasteiger partial charge in [0.05, 0.1) is 22.3 Å². The minimum atomic E-state index is -4.71. The van der Waals surface area contributed by atoms with Crippen LogP contribution in [0.2, 0.25) is 0 Å². The molecule has 0 bridgehead atoms. The van der Waals surface area contributed by atoms with Crippen molar-refractivity contribution < 1.29 is 26.3 Å². The van der Waals surface area contributed by atoms with Crippen molar-refractivity contribution in [3.05, 3.63) is 29.8 Å². The maximum Gasteiger partial charge on any atom is 0.417 e. The molecule has 1 aromatic carbocycles. The van der Waals surface area contributed by atoms with Crippen molar-refractivity contribution in [1.82, 2.24) is 0 Å². The number of alkyl halides is 3. The smallest absolute Gasteiger partial charge is 0.377 e. The molecule has 0 aliphatic heterocycles. The Kier molecular flexibility index (Phi) is 6.18. The summed E-state index contributed by atoms with van der Waals surface area (Å²) in [6, 6.07) is 4.15. The van der Waals surface area contributed by atoms with Crippen molar-refractivity contribution in [2.24, 2.45) is 5.73 Å². The fourth-order valence-electron chi connectivity index (χ4n) is 1.87. The van der Waals surface area contributed by atoms with E-state index in [1.165, 1.54) is 6.07 Å². The maximum absolute atomic E-state index is 12.9. The van der Waals surface area contributed by atoms with Crippen molar-refractivity contribution in [3.63, 3.8) is 0 Å². The molecule has 2 N–H and O–H groups in total. The van der Waals surface area contributed by atoms with Crippen LogP contribution in [0.5, 0.6) is 0 Å². The van der Waals surface area contributed by atoms with Crippen molar-refractivity contribution in [1.29, 1.82) is 0 Å². The van der Waals surface area contributed by atoms with Crippen LogP contribution in [-0.4, -0.2) is 33.4 Å². The fraction of sp³-hybridized carbons (Fsp3) is 0.538. The quantitative estimate of drug-likeness (QED) is 0.835.